The summed E-state index contributed by atoms with van der Waals surface area (Å²) in [5.74, 6) is -1.43. The predicted molar refractivity (Wildman–Crippen MR) is 69.5 cm³/mol. The summed E-state index contributed by atoms with van der Waals surface area (Å²) in [7, 11) is 2.41. The molecule has 20 heavy (non-hydrogen) atoms. The highest BCUT2D eigenvalue weighted by Gasteiger charge is 2.29. The van der Waals surface area contributed by atoms with Gasteiger partial charge in [-0.15, -0.1) is 0 Å². The van der Waals surface area contributed by atoms with Crippen molar-refractivity contribution in [2.24, 2.45) is 0 Å². The van der Waals surface area contributed by atoms with Crippen LogP contribution in [0.5, 0.6) is 0 Å². The van der Waals surface area contributed by atoms with Crippen molar-refractivity contribution in [2.45, 2.75) is 6.92 Å². The quantitative estimate of drug-likeness (QED) is 0.777. The molecule has 0 radical (unpaired) electrons. The standard InChI is InChI=1S/C14H12N2O4/c1-8-5-4-6-9-11(13(17)19-2)12(14(18)20-3)10(7-15)16(8)9/h4-6H,1-3H3. The maximum absolute atomic E-state index is 12.0. The molecule has 6 nitrogen and oxygen atoms in total. The first-order valence-electron chi connectivity index (χ1n) is 5.77. The highest BCUT2D eigenvalue weighted by molar-refractivity contribution is 6.10. The van der Waals surface area contributed by atoms with Gasteiger partial charge in [-0.2, -0.15) is 5.26 Å². The van der Waals surface area contributed by atoms with Gasteiger partial charge in [0.05, 0.1) is 19.7 Å². The molecule has 0 spiro atoms. The van der Waals surface area contributed by atoms with Crippen LogP contribution in [0.1, 0.15) is 32.1 Å². The normalized spacial score (nSPS) is 10.1. The van der Waals surface area contributed by atoms with E-state index >= 15 is 0 Å². The molecule has 0 aliphatic rings. The molecule has 0 amide bonds. The van der Waals surface area contributed by atoms with Crippen LogP contribution in [-0.4, -0.2) is 30.6 Å². The fraction of sp³-hybridized carbons (Fsp3) is 0.214. The van der Waals surface area contributed by atoms with Crippen molar-refractivity contribution in [3.63, 3.8) is 0 Å². The van der Waals surface area contributed by atoms with E-state index in [9.17, 15) is 14.9 Å². The van der Waals surface area contributed by atoms with Crippen molar-refractivity contribution >= 4 is 17.5 Å². The third-order valence-electron chi connectivity index (χ3n) is 3.04. The number of ether oxygens (including phenoxy) is 2. The third-order valence-corrected chi connectivity index (χ3v) is 3.04. The first kappa shape index (κ1) is 13.6. The van der Waals surface area contributed by atoms with Gasteiger partial charge in [-0.05, 0) is 19.1 Å². The fourth-order valence-electron chi connectivity index (χ4n) is 2.18. The number of aryl methyl sites for hydroxylation is 1. The van der Waals surface area contributed by atoms with E-state index < -0.39 is 11.9 Å². The largest absolute Gasteiger partial charge is 0.465 e. The smallest absolute Gasteiger partial charge is 0.341 e. The Morgan fingerprint density at radius 3 is 2.30 bits per heavy atom. The lowest BCUT2D eigenvalue weighted by molar-refractivity contribution is 0.0557. The van der Waals surface area contributed by atoms with Gasteiger partial charge in [0.15, 0.2) is 0 Å². The van der Waals surface area contributed by atoms with Gasteiger partial charge in [-0.3, -0.25) is 0 Å². The summed E-state index contributed by atoms with van der Waals surface area (Å²) in [5.41, 5.74) is 1.19. The summed E-state index contributed by atoms with van der Waals surface area (Å²) in [5, 5.41) is 9.32. The third kappa shape index (κ3) is 1.80. The van der Waals surface area contributed by atoms with Crippen LogP contribution in [-0.2, 0) is 9.47 Å². The van der Waals surface area contributed by atoms with E-state index in [1.165, 1.54) is 14.2 Å². The number of carbonyl (C=O) groups is 2. The lowest BCUT2D eigenvalue weighted by Crippen LogP contribution is -2.10. The van der Waals surface area contributed by atoms with Crippen LogP contribution in [0.3, 0.4) is 0 Å². The van der Waals surface area contributed by atoms with E-state index in [2.05, 4.69) is 4.74 Å². The van der Waals surface area contributed by atoms with Gasteiger partial charge < -0.3 is 13.9 Å². The fourth-order valence-corrected chi connectivity index (χ4v) is 2.18. The minimum Gasteiger partial charge on any atom is -0.465 e. The van der Waals surface area contributed by atoms with Crippen molar-refractivity contribution in [3.8, 4) is 6.07 Å². The van der Waals surface area contributed by atoms with Gasteiger partial charge in [-0.1, -0.05) is 6.07 Å². The van der Waals surface area contributed by atoms with Gasteiger partial charge in [0.25, 0.3) is 0 Å². The van der Waals surface area contributed by atoms with E-state index in [1.54, 1.807) is 29.5 Å². The molecule has 2 heterocycles. The topological polar surface area (TPSA) is 80.8 Å². The minimum absolute atomic E-state index is 0.0413. The highest BCUT2D eigenvalue weighted by Crippen LogP contribution is 2.26. The van der Waals surface area contributed by atoms with Crippen LogP contribution in [0.2, 0.25) is 0 Å². The van der Waals surface area contributed by atoms with Crippen molar-refractivity contribution in [2.75, 3.05) is 14.2 Å². The van der Waals surface area contributed by atoms with Crippen molar-refractivity contribution in [3.05, 3.63) is 40.7 Å². The Kier molecular flexibility index (Phi) is 3.44. The van der Waals surface area contributed by atoms with Gasteiger partial charge in [0.2, 0.25) is 0 Å². The molecular formula is C14H12N2O4. The number of esters is 2. The number of nitrogens with zero attached hydrogens (tertiary/aromatic N) is 2. The zero-order valence-electron chi connectivity index (χ0n) is 11.3. The SMILES string of the molecule is COC(=O)c1c(C(=O)OC)c2cccc(C)n2c1C#N. The Labute approximate surface area is 115 Å². The molecule has 0 unspecified atom stereocenters. The number of fused-ring (bicyclic) bond motifs is 1. The molecule has 0 bridgehead atoms. The minimum atomic E-state index is -0.745. The van der Waals surface area contributed by atoms with Gasteiger partial charge >= 0.3 is 11.9 Å². The zero-order chi connectivity index (χ0) is 14.9. The van der Waals surface area contributed by atoms with Crippen LogP contribution in [0.4, 0.5) is 0 Å². The monoisotopic (exact) mass is 272 g/mol. The summed E-state index contributed by atoms with van der Waals surface area (Å²) in [4.78, 5) is 23.9. The molecule has 2 aromatic heterocycles. The second-order valence-electron chi connectivity index (χ2n) is 4.08. The van der Waals surface area contributed by atoms with Crippen LogP contribution < -0.4 is 0 Å². The highest BCUT2D eigenvalue weighted by atomic mass is 16.5. The number of hydrogen-bond acceptors (Lipinski definition) is 5. The maximum atomic E-state index is 12.0. The Morgan fingerprint density at radius 1 is 1.15 bits per heavy atom. The van der Waals surface area contributed by atoms with E-state index in [4.69, 9.17) is 4.74 Å². The first-order chi connectivity index (χ1) is 9.56. The Bertz CT molecular complexity index is 753. The number of methoxy groups -OCH3 is 2. The second kappa shape index (κ2) is 5.05. The Balaban J connectivity index is 3.01. The van der Waals surface area contributed by atoms with Crippen molar-refractivity contribution < 1.29 is 19.1 Å². The van der Waals surface area contributed by atoms with E-state index in [0.29, 0.717) is 5.52 Å². The van der Waals surface area contributed by atoms with Crippen LogP contribution in [0.15, 0.2) is 18.2 Å². The summed E-state index contributed by atoms with van der Waals surface area (Å²) in [6.07, 6.45) is 0. The van der Waals surface area contributed by atoms with Crippen molar-refractivity contribution in [1.29, 1.82) is 5.26 Å². The van der Waals surface area contributed by atoms with Crippen LogP contribution in [0, 0.1) is 18.3 Å². The number of nitriles is 1. The van der Waals surface area contributed by atoms with E-state index in [0.717, 1.165) is 5.69 Å². The Hall–Kier alpha value is -2.81. The number of carbonyl (C=O) groups excluding carboxylic acids is 2. The molecule has 0 fully saturated rings. The Morgan fingerprint density at radius 2 is 1.75 bits per heavy atom. The molecule has 0 saturated heterocycles. The summed E-state index contributed by atoms with van der Waals surface area (Å²) in [6.45, 7) is 1.77. The number of aromatic nitrogens is 1. The average molecular weight is 272 g/mol. The molecule has 6 heteroatoms. The average Bonchev–Trinajstić information content (AvgIpc) is 2.81. The molecule has 0 aliphatic heterocycles. The van der Waals surface area contributed by atoms with Gasteiger partial charge in [-0.25, -0.2) is 9.59 Å². The molecule has 2 rings (SSSR count). The summed E-state index contributed by atoms with van der Waals surface area (Å²) >= 11 is 0. The van der Waals surface area contributed by atoms with E-state index in [-0.39, 0.29) is 16.8 Å². The number of rotatable bonds is 2. The van der Waals surface area contributed by atoms with Crippen LogP contribution in [0.25, 0.3) is 5.52 Å². The molecule has 0 aliphatic carbocycles. The first-order valence-corrected chi connectivity index (χ1v) is 5.77. The molecule has 2 aromatic rings. The summed E-state index contributed by atoms with van der Waals surface area (Å²) < 4.78 is 10.9. The number of hydrogen-bond donors (Lipinski definition) is 0. The number of pyridine rings is 1. The van der Waals surface area contributed by atoms with Crippen molar-refractivity contribution in [1.82, 2.24) is 4.40 Å². The predicted octanol–water partition coefficient (Wildman–Crippen LogP) is 1.69. The van der Waals surface area contributed by atoms with Gasteiger partial charge in [0, 0.05) is 5.69 Å². The molecule has 0 atom stereocenters. The molecule has 0 N–H and O–H groups in total. The van der Waals surface area contributed by atoms with Gasteiger partial charge in [0.1, 0.15) is 22.9 Å². The molecular weight excluding hydrogens is 260 g/mol. The van der Waals surface area contributed by atoms with Crippen LogP contribution >= 0.6 is 0 Å². The lowest BCUT2D eigenvalue weighted by Gasteiger charge is -2.02. The van der Waals surface area contributed by atoms with E-state index in [1.807, 2.05) is 6.07 Å². The molecule has 0 aromatic carbocycles. The molecule has 0 saturated carbocycles. The lowest BCUT2D eigenvalue weighted by atomic mass is 10.1. The summed E-state index contributed by atoms with van der Waals surface area (Å²) in [6, 6.07) is 7.10. The molecule has 102 valence electrons. The second-order valence-corrected chi connectivity index (χ2v) is 4.08. The maximum Gasteiger partial charge on any atom is 0.341 e. The zero-order valence-corrected chi connectivity index (χ0v) is 11.3.